The van der Waals surface area contributed by atoms with Gasteiger partial charge in [-0.25, -0.2) is 8.42 Å². The molecule has 0 radical (unpaired) electrons. The molecule has 2 aliphatic heterocycles. The van der Waals surface area contributed by atoms with Crippen LogP contribution in [0.3, 0.4) is 0 Å². The van der Waals surface area contributed by atoms with Gasteiger partial charge in [-0.15, -0.1) is 0 Å². The van der Waals surface area contributed by atoms with E-state index < -0.39 is 27.1 Å². The van der Waals surface area contributed by atoms with Crippen LogP contribution in [0.1, 0.15) is 6.42 Å². The quantitative estimate of drug-likeness (QED) is 0.470. The van der Waals surface area contributed by atoms with Gasteiger partial charge in [0.1, 0.15) is 11.8 Å². The number of β-amino-alcohol motifs (C(OH)–C–C–N with tert-alkyl or cyclic N) is 1. The van der Waals surface area contributed by atoms with Crippen molar-refractivity contribution in [2.45, 2.75) is 23.5 Å². The molecule has 0 spiro atoms. The summed E-state index contributed by atoms with van der Waals surface area (Å²) in [5, 5.41) is 21.1. The van der Waals surface area contributed by atoms with Crippen LogP contribution in [0.2, 0.25) is 0 Å². The van der Waals surface area contributed by atoms with Crippen molar-refractivity contribution in [2.75, 3.05) is 44.7 Å². The molecule has 2 atom stereocenters. The van der Waals surface area contributed by atoms with Gasteiger partial charge < -0.3 is 19.6 Å². The Hall–Kier alpha value is -3.22. The zero-order valence-corrected chi connectivity index (χ0v) is 19.4. The van der Waals surface area contributed by atoms with Crippen LogP contribution in [0.25, 0.3) is 0 Å². The Bertz CT molecular complexity index is 1150. The SMILES string of the molecule is COc1ccc(S(=O)(=O)N2C[C@@H](O)C[C@H]2C(=O)N2CCN(c3ccc([N+](=O)[O-])cc3)CC2)cc1. The molecule has 2 aliphatic rings. The fourth-order valence-electron chi connectivity index (χ4n) is 4.34. The standard InChI is InChI=1S/C22H26N4O7S/c1-33-19-6-8-20(9-7-19)34(31,32)25-15-18(27)14-21(25)22(28)24-12-10-23(11-13-24)16-2-4-17(5-3-16)26(29)30/h2-9,18,21,27H,10-15H2,1H3/t18-,21-/m0/s1. The van der Waals surface area contributed by atoms with Gasteiger partial charge >= 0.3 is 0 Å². The van der Waals surface area contributed by atoms with Gasteiger partial charge in [-0.2, -0.15) is 4.31 Å². The summed E-state index contributed by atoms with van der Waals surface area (Å²) in [6.07, 6.45) is -0.889. The molecule has 2 saturated heterocycles. The Balaban J connectivity index is 1.44. The van der Waals surface area contributed by atoms with E-state index in [0.717, 1.165) is 9.99 Å². The number of hydrogen-bond donors (Lipinski definition) is 1. The second-order valence-electron chi connectivity index (χ2n) is 8.24. The first kappa shape index (κ1) is 23.9. The molecule has 12 heteroatoms. The highest BCUT2D eigenvalue weighted by atomic mass is 32.2. The Morgan fingerprint density at radius 1 is 1.06 bits per heavy atom. The molecule has 0 bridgehead atoms. The first-order valence-corrected chi connectivity index (χ1v) is 12.3. The zero-order valence-electron chi connectivity index (χ0n) is 18.6. The van der Waals surface area contributed by atoms with Crippen molar-refractivity contribution in [3.05, 3.63) is 58.6 Å². The van der Waals surface area contributed by atoms with Crippen molar-refractivity contribution in [1.82, 2.24) is 9.21 Å². The second-order valence-corrected chi connectivity index (χ2v) is 10.1. The molecule has 0 unspecified atom stereocenters. The van der Waals surface area contributed by atoms with E-state index in [2.05, 4.69) is 0 Å². The molecular formula is C22H26N4O7S. The van der Waals surface area contributed by atoms with Crippen LogP contribution in [-0.4, -0.2) is 85.5 Å². The van der Waals surface area contributed by atoms with Gasteiger partial charge in [0.05, 0.1) is 23.0 Å². The lowest BCUT2D eigenvalue weighted by atomic mass is 10.1. The maximum absolute atomic E-state index is 13.3. The zero-order chi connectivity index (χ0) is 24.5. The van der Waals surface area contributed by atoms with Crippen LogP contribution in [0.5, 0.6) is 5.75 Å². The average molecular weight is 491 g/mol. The molecular weight excluding hydrogens is 464 g/mol. The number of rotatable bonds is 6. The number of methoxy groups -OCH3 is 1. The smallest absolute Gasteiger partial charge is 0.269 e. The van der Waals surface area contributed by atoms with Gasteiger partial charge in [0.25, 0.3) is 5.69 Å². The van der Waals surface area contributed by atoms with E-state index in [4.69, 9.17) is 4.74 Å². The molecule has 182 valence electrons. The molecule has 2 aromatic carbocycles. The number of nitrogens with zero attached hydrogens (tertiary/aromatic N) is 4. The highest BCUT2D eigenvalue weighted by Crippen LogP contribution is 2.29. The number of amides is 1. The molecule has 0 aliphatic carbocycles. The van der Waals surface area contributed by atoms with Gasteiger partial charge in [0, 0.05) is 57.0 Å². The predicted molar refractivity (Wildman–Crippen MR) is 123 cm³/mol. The number of ether oxygens (including phenoxy) is 1. The highest BCUT2D eigenvalue weighted by Gasteiger charge is 2.45. The minimum absolute atomic E-state index is 0.00974. The van der Waals surface area contributed by atoms with E-state index in [9.17, 15) is 28.4 Å². The van der Waals surface area contributed by atoms with Crippen LogP contribution in [0.4, 0.5) is 11.4 Å². The van der Waals surface area contributed by atoms with Crippen molar-refractivity contribution < 1.29 is 28.0 Å². The Labute approximate surface area is 197 Å². The van der Waals surface area contributed by atoms with E-state index in [1.165, 1.54) is 43.5 Å². The van der Waals surface area contributed by atoms with Gasteiger partial charge in [0.2, 0.25) is 15.9 Å². The Kier molecular flexibility index (Phi) is 6.73. The van der Waals surface area contributed by atoms with Crippen molar-refractivity contribution in [1.29, 1.82) is 0 Å². The molecule has 34 heavy (non-hydrogen) atoms. The second kappa shape index (κ2) is 9.57. The monoisotopic (exact) mass is 490 g/mol. The summed E-state index contributed by atoms with van der Waals surface area (Å²) < 4.78 is 32.6. The summed E-state index contributed by atoms with van der Waals surface area (Å²) in [6.45, 7) is 1.61. The fraction of sp³-hybridized carbons (Fsp3) is 0.409. The van der Waals surface area contributed by atoms with Crippen LogP contribution in [0.15, 0.2) is 53.4 Å². The van der Waals surface area contributed by atoms with E-state index in [-0.39, 0.29) is 29.5 Å². The minimum atomic E-state index is -3.99. The number of sulfonamides is 1. The number of carbonyl (C=O) groups is 1. The van der Waals surface area contributed by atoms with Crippen LogP contribution in [-0.2, 0) is 14.8 Å². The van der Waals surface area contributed by atoms with Crippen molar-refractivity contribution >= 4 is 27.3 Å². The molecule has 0 aromatic heterocycles. The van der Waals surface area contributed by atoms with E-state index in [0.29, 0.717) is 31.9 Å². The van der Waals surface area contributed by atoms with E-state index >= 15 is 0 Å². The van der Waals surface area contributed by atoms with Crippen LogP contribution in [0, 0.1) is 10.1 Å². The highest BCUT2D eigenvalue weighted by molar-refractivity contribution is 7.89. The number of carbonyl (C=O) groups excluding carboxylic acids is 1. The average Bonchev–Trinajstić information content (AvgIpc) is 3.26. The van der Waals surface area contributed by atoms with Gasteiger partial charge in [0.15, 0.2) is 0 Å². The molecule has 2 heterocycles. The molecule has 2 fully saturated rings. The number of piperazine rings is 1. The lowest BCUT2D eigenvalue weighted by Gasteiger charge is -2.38. The summed E-state index contributed by atoms with van der Waals surface area (Å²) in [5.74, 6) is 0.177. The lowest BCUT2D eigenvalue weighted by Crippen LogP contribution is -2.54. The van der Waals surface area contributed by atoms with Crippen LogP contribution >= 0.6 is 0 Å². The number of nitro benzene ring substituents is 1. The third-order valence-corrected chi connectivity index (χ3v) is 8.09. The third kappa shape index (κ3) is 4.69. The number of nitro groups is 1. The maximum atomic E-state index is 13.3. The Morgan fingerprint density at radius 3 is 2.24 bits per heavy atom. The summed E-state index contributed by atoms with van der Waals surface area (Å²) >= 11 is 0. The third-order valence-electron chi connectivity index (χ3n) is 6.20. The number of aliphatic hydroxyl groups excluding tert-OH is 1. The van der Waals surface area contributed by atoms with E-state index in [1.54, 1.807) is 17.0 Å². The summed E-state index contributed by atoms with van der Waals surface area (Å²) in [6, 6.07) is 11.2. The largest absolute Gasteiger partial charge is 0.497 e. The Morgan fingerprint density at radius 2 is 1.68 bits per heavy atom. The summed E-state index contributed by atoms with van der Waals surface area (Å²) in [5.41, 5.74) is 0.827. The summed E-state index contributed by atoms with van der Waals surface area (Å²) in [7, 11) is -2.51. The van der Waals surface area contributed by atoms with Crippen LogP contribution < -0.4 is 9.64 Å². The number of benzene rings is 2. The van der Waals surface area contributed by atoms with Gasteiger partial charge in [-0.3, -0.25) is 14.9 Å². The molecule has 0 saturated carbocycles. The van der Waals surface area contributed by atoms with Crippen molar-refractivity contribution in [2.24, 2.45) is 0 Å². The first-order chi connectivity index (χ1) is 16.2. The normalized spacial score (nSPS) is 21.5. The molecule has 2 aromatic rings. The number of aliphatic hydroxyl groups is 1. The molecule has 11 nitrogen and oxygen atoms in total. The topological polar surface area (TPSA) is 134 Å². The number of anilines is 1. The van der Waals surface area contributed by atoms with Gasteiger partial charge in [-0.1, -0.05) is 0 Å². The van der Waals surface area contributed by atoms with Crippen molar-refractivity contribution in [3.63, 3.8) is 0 Å². The summed E-state index contributed by atoms with van der Waals surface area (Å²) in [4.78, 5) is 27.3. The molecule has 4 rings (SSSR count). The maximum Gasteiger partial charge on any atom is 0.269 e. The number of non-ortho nitro benzene ring substituents is 1. The molecule has 1 N–H and O–H groups in total. The minimum Gasteiger partial charge on any atom is -0.497 e. The van der Waals surface area contributed by atoms with Crippen molar-refractivity contribution in [3.8, 4) is 5.75 Å². The van der Waals surface area contributed by atoms with E-state index in [1.807, 2.05) is 4.90 Å². The number of hydrogen-bond acceptors (Lipinski definition) is 8. The molecule has 1 amide bonds. The first-order valence-electron chi connectivity index (χ1n) is 10.8. The predicted octanol–water partition coefficient (Wildman–Crippen LogP) is 1.08. The van der Waals surface area contributed by atoms with Gasteiger partial charge in [-0.05, 0) is 36.4 Å². The fourth-order valence-corrected chi connectivity index (χ4v) is 5.97. The lowest BCUT2D eigenvalue weighted by molar-refractivity contribution is -0.384.